The number of hydrogen-bond donors (Lipinski definition) is 3. The number of esters is 3. The highest BCUT2D eigenvalue weighted by Gasteiger charge is 2.50. The molecule has 1 fully saturated rings. The minimum Gasteiger partial charge on any atom is -0.479 e. The van der Waals surface area contributed by atoms with Gasteiger partial charge in [0.15, 0.2) is 24.6 Å². The highest BCUT2D eigenvalue weighted by atomic mass is 16.7. The molecule has 1 rings (SSSR count). The molecule has 1 saturated heterocycles. The molecule has 79 heavy (non-hydrogen) atoms. The fourth-order valence-electron chi connectivity index (χ4n) is 8.94. The van der Waals surface area contributed by atoms with E-state index in [-0.39, 0.29) is 25.9 Å². The first kappa shape index (κ1) is 72.7. The van der Waals surface area contributed by atoms with Gasteiger partial charge in [0.05, 0.1) is 6.61 Å². The van der Waals surface area contributed by atoms with E-state index in [4.69, 9.17) is 23.7 Å². The van der Waals surface area contributed by atoms with Gasteiger partial charge in [0.1, 0.15) is 18.8 Å². The van der Waals surface area contributed by atoms with E-state index in [1.54, 1.807) is 0 Å². The fraction of sp³-hybridized carbons (Fsp3) is 0.701. The molecular formula is C67H110O12. The lowest BCUT2D eigenvalue weighted by Gasteiger charge is -2.40. The highest BCUT2D eigenvalue weighted by Crippen LogP contribution is 2.26. The Bertz CT molecular complexity index is 1740. The van der Waals surface area contributed by atoms with Crippen LogP contribution in [0.1, 0.15) is 252 Å². The van der Waals surface area contributed by atoms with Crippen LogP contribution in [0.3, 0.4) is 0 Å². The van der Waals surface area contributed by atoms with Gasteiger partial charge in [-0.1, -0.05) is 234 Å². The Morgan fingerprint density at radius 1 is 0.430 bits per heavy atom. The monoisotopic (exact) mass is 1110 g/mol. The van der Waals surface area contributed by atoms with Crippen molar-refractivity contribution in [2.24, 2.45) is 0 Å². The maximum atomic E-state index is 13.2. The normalized spacial score (nSPS) is 18.5. The van der Waals surface area contributed by atoms with Crippen LogP contribution in [0.4, 0.5) is 0 Å². The molecule has 0 aromatic carbocycles. The second kappa shape index (κ2) is 54.2. The molecule has 0 saturated carbocycles. The molecule has 0 aromatic heterocycles. The predicted octanol–water partition coefficient (Wildman–Crippen LogP) is 16.5. The summed E-state index contributed by atoms with van der Waals surface area (Å²) in [7, 11) is 0. The summed E-state index contributed by atoms with van der Waals surface area (Å²) in [5.41, 5.74) is 0. The number of aliphatic hydroxyl groups is 2. The van der Waals surface area contributed by atoms with Crippen LogP contribution in [0.5, 0.6) is 0 Å². The first-order valence-corrected chi connectivity index (χ1v) is 31.2. The Balaban J connectivity index is 2.70. The standard InChI is InChI=1S/C67H110O12/c1-4-7-10-13-16-19-22-25-28-29-30-31-34-35-38-41-44-47-50-53-59(68)75-56-58(77-60(69)54-51-48-45-42-39-36-32-26-23-20-17-14-11-8-5-2)57-76-67-65(63(72)62(71)64(79-67)66(73)74)78-61(70)55-52-49-46-43-40-37-33-27-24-21-18-15-12-9-6-3/h8-9,11-12,17-18,20-21,26-27,32-33,39-40,42-43,58,62-65,67,71-72H,4-7,10,13-16,19,22-25,28-31,34-38,41,44-57H2,1-3H3,(H,73,74)/b11-8-,12-9-,20-17-,21-18-,32-26-,33-27-,42-39-,43-40-. The molecule has 0 aromatic rings. The van der Waals surface area contributed by atoms with Crippen LogP contribution in [-0.4, -0.2) is 89.2 Å². The second-order valence-electron chi connectivity index (χ2n) is 20.9. The van der Waals surface area contributed by atoms with Crippen LogP contribution in [0.2, 0.25) is 0 Å². The largest absolute Gasteiger partial charge is 0.479 e. The fourth-order valence-corrected chi connectivity index (χ4v) is 8.94. The number of aliphatic carboxylic acids is 1. The minimum absolute atomic E-state index is 0.000103. The van der Waals surface area contributed by atoms with Crippen LogP contribution in [-0.2, 0) is 42.9 Å². The van der Waals surface area contributed by atoms with Gasteiger partial charge in [-0.2, -0.15) is 0 Å². The number of carbonyl (C=O) groups excluding carboxylic acids is 3. The number of ether oxygens (including phenoxy) is 5. The zero-order valence-electron chi connectivity index (χ0n) is 49.6. The van der Waals surface area contributed by atoms with Gasteiger partial charge >= 0.3 is 23.9 Å². The Morgan fingerprint density at radius 2 is 0.797 bits per heavy atom. The van der Waals surface area contributed by atoms with Crippen molar-refractivity contribution in [3.05, 3.63) is 97.2 Å². The molecule has 1 aliphatic heterocycles. The molecule has 12 nitrogen and oxygen atoms in total. The van der Waals surface area contributed by atoms with E-state index in [1.807, 2.05) is 0 Å². The van der Waals surface area contributed by atoms with Gasteiger partial charge in [-0.05, 0) is 96.3 Å². The molecule has 3 N–H and O–H groups in total. The predicted molar refractivity (Wildman–Crippen MR) is 321 cm³/mol. The Hall–Kier alpha value is -4.36. The van der Waals surface area contributed by atoms with Crippen molar-refractivity contribution in [1.82, 2.24) is 0 Å². The molecule has 0 bridgehead atoms. The summed E-state index contributed by atoms with van der Waals surface area (Å²) >= 11 is 0. The average molecular weight is 1110 g/mol. The van der Waals surface area contributed by atoms with Gasteiger partial charge in [-0.3, -0.25) is 14.4 Å². The van der Waals surface area contributed by atoms with Gasteiger partial charge in [-0.25, -0.2) is 4.79 Å². The summed E-state index contributed by atoms with van der Waals surface area (Å²) in [6.07, 6.45) is 59.6. The maximum Gasteiger partial charge on any atom is 0.335 e. The van der Waals surface area contributed by atoms with Gasteiger partial charge < -0.3 is 39.0 Å². The quantitative estimate of drug-likeness (QED) is 0.0228. The molecule has 1 aliphatic rings. The van der Waals surface area contributed by atoms with E-state index in [1.165, 1.54) is 96.3 Å². The Kier molecular flexibility index (Phi) is 49.9. The number of carbonyl (C=O) groups is 4. The van der Waals surface area contributed by atoms with Gasteiger partial charge in [0.25, 0.3) is 0 Å². The molecule has 6 atom stereocenters. The van der Waals surface area contributed by atoms with Crippen molar-refractivity contribution < 1.29 is 58.2 Å². The zero-order valence-corrected chi connectivity index (χ0v) is 49.6. The SMILES string of the molecule is CC/C=C\C/C=C\C/C=C\C/C=C\CCCCC(=O)OC(COC(=O)CCCCCCCCCCCCCCCCCCCCC)COC1OC(C(=O)O)C(O)C(O)C1OC(=O)CCCC/C=C\C/C=C\C/C=C\C/C=C\CC. The summed E-state index contributed by atoms with van der Waals surface area (Å²) in [6, 6.07) is 0. The van der Waals surface area contributed by atoms with E-state index in [0.717, 1.165) is 89.9 Å². The molecule has 450 valence electrons. The van der Waals surface area contributed by atoms with Crippen LogP contribution < -0.4 is 0 Å². The van der Waals surface area contributed by atoms with Crippen molar-refractivity contribution >= 4 is 23.9 Å². The number of hydrogen-bond acceptors (Lipinski definition) is 11. The van der Waals surface area contributed by atoms with E-state index in [2.05, 4.69) is 118 Å². The first-order valence-electron chi connectivity index (χ1n) is 31.2. The number of allylic oxidation sites excluding steroid dienone is 16. The van der Waals surface area contributed by atoms with E-state index in [0.29, 0.717) is 25.7 Å². The molecule has 12 heteroatoms. The molecule has 0 spiro atoms. The van der Waals surface area contributed by atoms with Crippen molar-refractivity contribution in [3.8, 4) is 0 Å². The minimum atomic E-state index is -1.93. The number of aliphatic hydroxyl groups excluding tert-OH is 2. The average Bonchev–Trinajstić information content (AvgIpc) is 3.46. The molecule has 0 aliphatic carbocycles. The van der Waals surface area contributed by atoms with Crippen molar-refractivity contribution in [2.45, 2.75) is 289 Å². The van der Waals surface area contributed by atoms with Crippen LogP contribution in [0.15, 0.2) is 97.2 Å². The number of carboxylic acid groups (broad SMARTS) is 1. The van der Waals surface area contributed by atoms with E-state index >= 15 is 0 Å². The highest BCUT2D eigenvalue weighted by molar-refractivity contribution is 5.74. The molecule has 6 unspecified atom stereocenters. The summed E-state index contributed by atoms with van der Waals surface area (Å²) in [4.78, 5) is 51.2. The lowest BCUT2D eigenvalue weighted by atomic mass is 9.98. The maximum absolute atomic E-state index is 13.2. The number of unbranched alkanes of at least 4 members (excludes halogenated alkanes) is 22. The van der Waals surface area contributed by atoms with Crippen molar-refractivity contribution in [3.63, 3.8) is 0 Å². The number of carboxylic acids is 1. The molecule has 1 heterocycles. The zero-order chi connectivity index (χ0) is 57.5. The van der Waals surface area contributed by atoms with E-state index in [9.17, 15) is 34.5 Å². The van der Waals surface area contributed by atoms with Gasteiger partial charge in [-0.15, -0.1) is 0 Å². The molecular weight excluding hydrogens is 997 g/mol. The topological polar surface area (TPSA) is 175 Å². The second-order valence-corrected chi connectivity index (χ2v) is 20.9. The van der Waals surface area contributed by atoms with E-state index < -0.39 is 67.3 Å². The lowest BCUT2D eigenvalue weighted by Crippen LogP contribution is -2.61. The van der Waals surface area contributed by atoms with Crippen molar-refractivity contribution in [1.29, 1.82) is 0 Å². The summed E-state index contributed by atoms with van der Waals surface area (Å²) in [5.74, 6) is -3.23. The molecule has 0 radical (unpaired) electrons. The van der Waals surface area contributed by atoms with Gasteiger partial charge in [0, 0.05) is 19.3 Å². The Labute approximate surface area is 479 Å². The van der Waals surface area contributed by atoms with Crippen LogP contribution in [0.25, 0.3) is 0 Å². The first-order chi connectivity index (χ1) is 38.6. The Morgan fingerprint density at radius 3 is 1.22 bits per heavy atom. The van der Waals surface area contributed by atoms with Crippen molar-refractivity contribution in [2.75, 3.05) is 13.2 Å². The third-order valence-electron chi connectivity index (χ3n) is 13.7. The molecule has 0 amide bonds. The number of rotatable bonds is 52. The van der Waals surface area contributed by atoms with Gasteiger partial charge in [0.2, 0.25) is 0 Å². The van der Waals surface area contributed by atoms with Crippen LogP contribution >= 0.6 is 0 Å². The van der Waals surface area contributed by atoms with Crippen LogP contribution in [0, 0.1) is 0 Å². The summed E-state index contributed by atoms with van der Waals surface area (Å²) in [5, 5.41) is 31.5. The third kappa shape index (κ3) is 44.0. The summed E-state index contributed by atoms with van der Waals surface area (Å²) < 4.78 is 28.4. The summed E-state index contributed by atoms with van der Waals surface area (Å²) in [6.45, 7) is 5.73. The lowest BCUT2D eigenvalue weighted by molar-refractivity contribution is -0.301. The smallest absolute Gasteiger partial charge is 0.335 e. The third-order valence-corrected chi connectivity index (χ3v) is 13.7.